The molecule has 5 aliphatic carbocycles. The Hall–Kier alpha value is -1.81. The summed E-state index contributed by atoms with van der Waals surface area (Å²) in [6.45, 7) is 13.9. The average molecular weight is 513 g/mol. The molecule has 0 amide bonds. The van der Waals surface area contributed by atoms with E-state index in [4.69, 9.17) is 16.3 Å². The van der Waals surface area contributed by atoms with Gasteiger partial charge in [-0.1, -0.05) is 45.4 Å². The number of esters is 1. The maximum atomic E-state index is 13.2. The summed E-state index contributed by atoms with van der Waals surface area (Å²) < 4.78 is 5.58. The van der Waals surface area contributed by atoms with E-state index >= 15 is 0 Å². The number of aliphatic hydroxyl groups excluding tert-OH is 1. The van der Waals surface area contributed by atoms with Crippen molar-refractivity contribution < 1.29 is 19.4 Å². The van der Waals surface area contributed by atoms with E-state index in [1.807, 2.05) is 6.92 Å². The lowest BCUT2D eigenvalue weighted by Crippen LogP contribution is -2.62. The average Bonchev–Trinajstić information content (AvgIpc) is 2.84. The van der Waals surface area contributed by atoms with Crippen LogP contribution in [0.3, 0.4) is 0 Å². The molecule has 0 unspecified atom stereocenters. The summed E-state index contributed by atoms with van der Waals surface area (Å²) in [6, 6.07) is 0. The molecule has 0 aromatic heterocycles. The largest absolute Gasteiger partial charge is 0.504 e. The highest BCUT2D eigenvalue weighted by Gasteiger charge is 2.67. The van der Waals surface area contributed by atoms with Crippen molar-refractivity contribution in [3.8, 4) is 0 Å². The Morgan fingerprint density at radius 3 is 2.44 bits per heavy atom. The molecule has 0 aliphatic heterocycles. The van der Waals surface area contributed by atoms with E-state index in [0.29, 0.717) is 17.4 Å². The van der Waals surface area contributed by atoms with Crippen molar-refractivity contribution in [2.24, 2.45) is 33.0 Å². The van der Waals surface area contributed by atoms with Gasteiger partial charge in [0.1, 0.15) is 6.61 Å². The van der Waals surface area contributed by atoms with Gasteiger partial charge in [0.05, 0.1) is 11.3 Å². The minimum Gasteiger partial charge on any atom is -0.504 e. The first kappa shape index (κ1) is 25.8. The van der Waals surface area contributed by atoms with E-state index in [-0.39, 0.29) is 45.8 Å². The van der Waals surface area contributed by atoms with Crippen LogP contribution in [0, 0.1) is 33.0 Å². The second-order valence-electron chi connectivity index (χ2n) is 13.4. The molecule has 5 heteroatoms. The number of halogens is 1. The van der Waals surface area contributed by atoms with Crippen LogP contribution >= 0.6 is 11.6 Å². The minimum atomic E-state index is -0.482. The van der Waals surface area contributed by atoms with Gasteiger partial charge in [0, 0.05) is 11.0 Å². The van der Waals surface area contributed by atoms with Gasteiger partial charge in [0.25, 0.3) is 0 Å². The van der Waals surface area contributed by atoms with Crippen LogP contribution in [0.2, 0.25) is 0 Å². The van der Waals surface area contributed by atoms with Crippen molar-refractivity contribution in [3.63, 3.8) is 0 Å². The zero-order valence-corrected chi connectivity index (χ0v) is 23.5. The number of ketones is 1. The smallest absolute Gasteiger partial charge is 0.311 e. The third-order valence-corrected chi connectivity index (χ3v) is 11.8. The predicted molar refractivity (Wildman–Crippen MR) is 143 cm³/mol. The maximum Gasteiger partial charge on any atom is 0.311 e. The third-order valence-electron chi connectivity index (χ3n) is 11.7. The topological polar surface area (TPSA) is 63.6 Å². The highest BCUT2D eigenvalue weighted by atomic mass is 35.5. The van der Waals surface area contributed by atoms with Crippen molar-refractivity contribution in [2.45, 2.75) is 86.5 Å². The second kappa shape index (κ2) is 8.09. The Balaban J connectivity index is 1.57. The summed E-state index contributed by atoms with van der Waals surface area (Å²) in [5.41, 5.74) is 3.62. The molecule has 3 saturated carbocycles. The molecule has 6 atom stereocenters. The van der Waals surface area contributed by atoms with Crippen molar-refractivity contribution in [3.05, 3.63) is 46.3 Å². The zero-order valence-electron chi connectivity index (χ0n) is 22.7. The summed E-state index contributed by atoms with van der Waals surface area (Å²) in [7, 11) is 0. The fourth-order valence-electron chi connectivity index (χ4n) is 8.95. The van der Waals surface area contributed by atoms with Crippen molar-refractivity contribution in [2.75, 3.05) is 12.5 Å². The molecule has 36 heavy (non-hydrogen) atoms. The van der Waals surface area contributed by atoms with Crippen molar-refractivity contribution >= 4 is 23.4 Å². The van der Waals surface area contributed by atoms with Gasteiger partial charge in [-0.2, -0.15) is 0 Å². The molecule has 5 rings (SSSR count). The molecular weight excluding hydrogens is 472 g/mol. The van der Waals surface area contributed by atoms with Crippen LogP contribution < -0.4 is 0 Å². The quantitative estimate of drug-likeness (QED) is 0.316. The predicted octanol–water partition coefficient (Wildman–Crippen LogP) is 7.40. The van der Waals surface area contributed by atoms with E-state index in [0.717, 1.165) is 56.1 Å². The number of alkyl halides is 1. The maximum absolute atomic E-state index is 13.2. The van der Waals surface area contributed by atoms with Crippen molar-refractivity contribution in [1.82, 2.24) is 0 Å². The molecule has 0 aromatic carbocycles. The molecule has 3 fully saturated rings. The van der Waals surface area contributed by atoms with E-state index in [1.165, 1.54) is 5.57 Å². The molecule has 0 bridgehead atoms. The number of ether oxygens (including phenoxy) is 1. The molecule has 0 heterocycles. The van der Waals surface area contributed by atoms with Crippen LogP contribution in [0.25, 0.3) is 0 Å². The van der Waals surface area contributed by atoms with E-state index in [2.05, 4.69) is 46.8 Å². The summed E-state index contributed by atoms with van der Waals surface area (Å²) in [5, 5.41) is 10.3. The standard InChI is InChI=1S/C31H41ClO4/c1-19-20-7-8-23-29(4,21(20)17-22(33)25(19)34)12-14-31(6)24-18-28(3,26(35)36-16-15-32)10-9-27(24,2)11-13-30(23,31)5/h7-8,17,24,34H,9-16,18H2,1-6H3/t24-,27-,28-,29+,30-,31+/m1/s1. The van der Waals surface area contributed by atoms with Crippen LogP contribution in [0.15, 0.2) is 46.3 Å². The summed E-state index contributed by atoms with van der Waals surface area (Å²) in [6.07, 6.45) is 13.1. The monoisotopic (exact) mass is 512 g/mol. The van der Waals surface area contributed by atoms with Crippen molar-refractivity contribution in [1.29, 1.82) is 0 Å². The minimum absolute atomic E-state index is 0.0252. The van der Waals surface area contributed by atoms with Gasteiger partial charge in [0.15, 0.2) is 5.76 Å². The number of fused-ring (bicyclic) bond motifs is 7. The number of rotatable bonds is 3. The Morgan fingerprint density at radius 2 is 1.75 bits per heavy atom. The van der Waals surface area contributed by atoms with Crippen LogP contribution in [-0.4, -0.2) is 29.3 Å². The number of hydrogen-bond donors (Lipinski definition) is 1. The molecule has 4 nitrogen and oxygen atoms in total. The van der Waals surface area contributed by atoms with Crippen LogP contribution in [0.1, 0.15) is 86.5 Å². The Labute approximate surface area is 220 Å². The lowest BCUT2D eigenvalue weighted by atomic mass is 9.34. The number of allylic oxidation sites excluding steroid dienone is 7. The highest BCUT2D eigenvalue weighted by Crippen LogP contribution is 2.75. The van der Waals surface area contributed by atoms with E-state index < -0.39 is 5.41 Å². The van der Waals surface area contributed by atoms with Gasteiger partial charge in [0.2, 0.25) is 5.78 Å². The van der Waals surface area contributed by atoms with Crippen LogP contribution in [-0.2, 0) is 14.3 Å². The number of carbonyl (C=O) groups is 2. The lowest BCUT2D eigenvalue weighted by Gasteiger charge is -2.70. The molecule has 0 aromatic rings. The normalized spacial score (nSPS) is 43.8. The molecular formula is C31H41ClO4. The molecule has 196 valence electrons. The third kappa shape index (κ3) is 3.25. The Morgan fingerprint density at radius 1 is 1.06 bits per heavy atom. The van der Waals surface area contributed by atoms with Gasteiger partial charge in [-0.15, -0.1) is 11.6 Å². The highest BCUT2D eigenvalue weighted by molar-refractivity contribution is 6.18. The number of aliphatic hydroxyl groups is 1. The second-order valence-corrected chi connectivity index (χ2v) is 13.8. The first-order valence-electron chi connectivity index (χ1n) is 13.6. The van der Waals surface area contributed by atoms with Crippen LogP contribution in [0.4, 0.5) is 0 Å². The molecule has 5 aliphatic rings. The van der Waals surface area contributed by atoms with Gasteiger partial charge in [-0.25, -0.2) is 0 Å². The summed E-state index contributed by atoms with van der Waals surface area (Å²) >= 11 is 5.82. The fraction of sp³-hybridized carbons (Fsp3) is 0.677. The fourth-order valence-corrected chi connectivity index (χ4v) is 9.02. The zero-order chi connectivity index (χ0) is 26.3. The molecule has 1 N–H and O–H groups in total. The SMILES string of the molecule is CC1=C(O)C(=O)C=C2C1=CC=C1[C@@]2(C)CC[C@@]2(C)[C@@H]3C[C@](C)(C(=O)OCCCl)CC[C@]3(C)CC[C@]12C. The van der Waals surface area contributed by atoms with Gasteiger partial charge in [-0.05, 0) is 98.2 Å². The summed E-state index contributed by atoms with van der Waals surface area (Å²) in [4.78, 5) is 25.8. The van der Waals surface area contributed by atoms with Crippen LogP contribution in [0.5, 0.6) is 0 Å². The Kier molecular flexibility index (Phi) is 5.80. The number of carbonyl (C=O) groups excluding carboxylic acids is 2. The first-order valence-corrected chi connectivity index (χ1v) is 14.1. The molecule has 0 spiro atoms. The number of hydrogen-bond acceptors (Lipinski definition) is 4. The lowest BCUT2D eigenvalue weighted by molar-refractivity contribution is -0.182. The van der Waals surface area contributed by atoms with Gasteiger partial charge in [-0.3, -0.25) is 9.59 Å². The Bertz CT molecular complexity index is 1160. The first-order chi connectivity index (χ1) is 16.8. The van der Waals surface area contributed by atoms with E-state index in [9.17, 15) is 14.7 Å². The summed E-state index contributed by atoms with van der Waals surface area (Å²) in [5.74, 6) is 0.212. The van der Waals surface area contributed by atoms with Gasteiger partial charge < -0.3 is 9.84 Å². The van der Waals surface area contributed by atoms with Gasteiger partial charge >= 0.3 is 5.97 Å². The molecule has 0 radical (unpaired) electrons. The molecule has 0 saturated heterocycles. The van der Waals surface area contributed by atoms with E-state index in [1.54, 1.807) is 6.08 Å².